The summed E-state index contributed by atoms with van der Waals surface area (Å²) in [4.78, 5) is 0. The van der Waals surface area contributed by atoms with Crippen LogP contribution >= 0.6 is 0 Å². The highest BCUT2D eigenvalue weighted by Gasteiger charge is 1.97. The van der Waals surface area contributed by atoms with Gasteiger partial charge in [0.1, 0.15) is 5.75 Å². The van der Waals surface area contributed by atoms with Crippen LogP contribution in [-0.2, 0) is 12.8 Å². The first-order valence-corrected chi connectivity index (χ1v) is 10.2. The lowest BCUT2D eigenvalue weighted by atomic mass is 10.0. The second kappa shape index (κ2) is 12.6. The molecule has 0 radical (unpaired) electrons. The molecule has 0 aliphatic heterocycles. The predicted molar refractivity (Wildman–Crippen MR) is 108 cm³/mol. The lowest BCUT2D eigenvalue weighted by Gasteiger charge is -2.04. The Labute approximate surface area is 154 Å². The van der Waals surface area contributed by atoms with Gasteiger partial charge in [0.15, 0.2) is 0 Å². The fourth-order valence-corrected chi connectivity index (χ4v) is 3.43. The van der Waals surface area contributed by atoms with Crippen molar-refractivity contribution in [2.45, 2.75) is 77.0 Å². The Morgan fingerprint density at radius 2 is 0.960 bits per heavy atom. The number of aryl methyl sites for hydroxylation is 2. The molecule has 2 rings (SSSR count). The molecule has 0 bridgehead atoms. The molecule has 0 unspecified atom stereocenters. The molecule has 1 heteroatoms. The van der Waals surface area contributed by atoms with Gasteiger partial charge in [-0.2, -0.15) is 0 Å². The second-order valence-electron chi connectivity index (χ2n) is 7.19. The summed E-state index contributed by atoms with van der Waals surface area (Å²) in [5.74, 6) is 0.390. The Hall–Kier alpha value is -1.76. The van der Waals surface area contributed by atoms with Crippen LogP contribution < -0.4 is 0 Å². The fourth-order valence-electron chi connectivity index (χ4n) is 3.43. The maximum atomic E-state index is 9.45. The summed E-state index contributed by atoms with van der Waals surface area (Å²) < 4.78 is 0. The minimum atomic E-state index is 0.390. The molecule has 0 spiro atoms. The average Bonchev–Trinajstić information content (AvgIpc) is 2.63. The van der Waals surface area contributed by atoms with Gasteiger partial charge >= 0.3 is 0 Å². The number of rotatable bonds is 13. The van der Waals surface area contributed by atoms with Crippen LogP contribution in [0.2, 0.25) is 0 Å². The summed E-state index contributed by atoms with van der Waals surface area (Å²) in [7, 11) is 0. The van der Waals surface area contributed by atoms with Crippen molar-refractivity contribution >= 4 is 0 Å². The maximum absolute atomic E-state index is 9.45. The number of benzene rings is 2. The quantitative estimate of drug-likeness (QED) is 0.387. The number of aromatic hydroxyl groups is 1. The molecule has 0 aliphatic rings. The lowest BCUT2D eigenvalue weighted by molar-refractivity contribution is 0.474. The highest BCUT2D eigenvalue weighted by atomic mass is 16.3. The number of phenolic OH excluding ortho intramolecular Hbond substituents is 1. The van der Waals surface area contributed by atoms with Gasteiger partial charge < -0.3 is 5.11 Å². The van der Waals surface area contributed by atoms with Crippen LogP contribution in [0.5, 0.6) is 5.75 Å². The van der Waals surface area contributed by atoms with Crippen molar-refractivity contribution < 1.29 is 5.11 Å². The van der Waals surface area contributed by atoms with Crippen molar-refractivity contribution in [2.75, 3.05) is 0 Å². The van der Waals surface area contributed by atoms with Crippen LogP contribution in [0.25, 0.3) is 0 Å². The monoisotopic (exact) mass is 338 g/mol. The topological polar surface area (TPSA) is 20.2 Å². The molecule has 0 aromatic heterocycles. The van der Waals surface area contributed by atoms with E-state index >= 15 is 0 Å². The van der Waals surface area contributed by atoms with Crippen LogP contribution in [0, 0.1) is 0 Å². The summed E-state index contributed by atoms with van der Waals surface area (Å²) >= 11 is 0. The molecule has 0 aliphatic carbocycles. The van der Waals surface area contributed by atoms with Gasteiger partial charge in [-0.15, -0.1) is 0 Å². The molecule has 0 amide bonds. The van der Waals surface area contributed by atoms with Gasteiger partial charge in [-0.1, -0.05) is 93.8 Å². The second-order valence-corrected chi connectivity index (χ2v) is 7.19. The summed E-state index contributed by atoms with van der Waals surface area (Å²) in [6.07, 6.45) is 15.9. The number of hydrogen-bond acceptors (Lipinski definition) is 1. The largest absolute Gasteiger partial charge is 0.508 e. The Morgan fingerprint density at radius 3 is 1.52 bits per heavy atom. The molecule has 1 N–H and O–H groups in total. The maximum Gasteiger partial charge on any atom is 0.115 e. The fraction of sp³-hybridized carbons (Fsp3) is 0.500. The molecule has 25 heavy (non-hydrogen) atoms. The predicted octanol–water partition coefficient (Wildman–Crippen LogP) is 7.08. The van der Waals surface area contributed by atoms with E-state index in [1.165, 1.54) is 81.8 Å². The van der Waals surface area contributed by atoms with Crippen molar-refractivity contribution in [3.63, 3.8) is 0 Å². The molecule has 1 nitrogen and oxygen atoms in total. The third-order valence-corrected chi connectivity index (χ3v) is 4.93. The van der Waals surface area contributed by atoms with E-state index in [0.717, 1.165) is 6.42 Å². The highest BCUT2D eigenvalue weighted by Crippen LogP contribution is 2.15. The van der Waals surface area contributed by atoms with E-state index in [9.17, 15) is 5.11 Å². The summed E-state index contributed by atoms with van der Waals surface area (Å²) in [5.41, 5.74) is 2.74. The van der Waals surface area contributed by atoms with Gasteiger partial charge in [0, 0.05) is 0 Å². The minimum absolute atomic E-state index is 0.390. The first-order chi connectivity index (χ1) is 12.3. The molecular formula is C24H34O. The zero-order valence-electron chi connectivity index (χ0n) is 15.6. The van der Waals surface area contributed by atoms with E-state index in [-0.39, 0.29) is 0 Å². The van der Waals surface area contributed by atoms with Crippen LogP contribution in [-0.4, -0.2) is 5.11 Å². The third kappa shape index (κ3) is 9.34. The van der Waals surface area contributed by atoms with Gasteiger partial charge in [-0.3, -0.25) is 0 Å². The summed E-state index contributed by atoms with van der Waals surface area (Å²) in [5, 5.41) is 9.45. The van der Waals surface area contributed by atoms with Gasteiger partial charge in [0.25, 0.3) is 0 Å². The Balaban J connectivity index is 1.34. The smallest absolute Gasteiger partial charge is 0.115 e. The molecule has 0 saturated heterocycles. The summed E-state index contributed by atoms with van der Waals surface area (Å²) in [6, 6.07) is 18.5. The Morgan fingerprint density at radius 1 is 0.480 bits per heavy atom. The first-order valence-electron chi connectivity index (χ1n) is 10.2. The van der Waals surface area contributed by atoms with E-state index in [0.29, 0.717) is 5.75 Å². The molecule has 0 saturated carbocycles. The van der Waals surface area contributed by atoms with E-state index in [1.807, 2.05) is 12.1 Å². The van der Waals surface area contributed by atoms with Crippen LogP contribution in [0.3, 0.4) is 0 Å². The number of phenols is 1. The van der Waals surface area contributed by atoms with E-state index in [1.54, 1.807) is 6.07 Å². The average molecular weight is 339 g/mol. The van der Waals surface area contributed by atoms with Crippen molar-refractivity contribution in [3.05, 3.63) is 65.7 Å². The van der Waals surface area contributed by atoms with E-state index in [2.05, 4.69) is 36.4 Å². The standard InChI is InChI=1S/C24H34O/c25-24-20-14-19-23(21-24)18-11-8-6-4-2-1-3-5-7-10-15-22-16-12-9-13-17-22/h9,12-14,16-17,19-21,25H,1-8,10-11,15,18H2. The normalized spacial score (nSPS) is 10.9. The van der Waals surface area contributed by atoms with Gasteiger partial charge in [-0.05, 0) is 48.9 Å². The third-order valence-electron chi connectivity index (χ3n) is 4.93. The summed E-state index contributed by atoms with van der Waals surface area (Å²) in [6.45, 7) is 0. The highest BCUT2D eigenvalue weighted by molar-refractivity contribution is 5.27. The number of hydrogen-bond donors (Lipinski definition) is 1. The van der Waals surface area contributed by atoms with Crippen molar-refractivity contribution in [1.82, 2.24) is 0 Å². The van der Waals surface area contributed by atoms with Gasteiger partial charge in [0.05, 0.1) is 0 Å². The van der Waals surface area contributed by atoms with Crippen LogP contribution in [0.15, 0.2) is 54.6 Å². The first kappa shape index (κ1) is 19.6. The Kier molecular flexibility index (Phi) is 9.84. The lowest BCUT2D eigenvalue weighted by Crippen LogP contribution is -1.87. The molecule has 0 atom stereocenters. The van der Waals surface area contributed by atoms with Gasteiger partial charge in [-0.25, -0.2) is 0 Å². The molecular weight excluding hydrogens is 304 g/mol. The minimum Gasteiger partial charge on any atom is -0.508 e. The molecule has 2 aromatic carbocycles. The molecule has 2 aromatic rings. The van der Waals surface area contributed by atoms with Crippen LogP contribution in [0.4, 0.5) is 0 Å². The molecule has 0 fully saturated rings. The zero-order chi connectivity index (χ0) is 17.6. The molecule has 0 heterocycles. The van der Waals surface area contributed by atoms with Crippen molar-refractivity contribution in [2.24, 2.45) is 0 Å². The Bertz CT molecular complexity index is 561. The zero-order valence-corrected chi connectivity index (χ0v) is 15.6. The SMILES string of the molecule is Oc1cccc(CCCCCCCCCCCCc2ccccc2)c1. The van der Waals surface area contributed by atoms with Crippen molar-refractivity contribution in [1.29, 1.82) is 0 Å². The number of unbranched alkanes of at least 4 members (excludes halogenated alkanes) is 9. The molecule has 136 valence electrons. The van der Waals surface area contributed by atoms with Gasteiger partial charge in [0.2, 0.25) is 0 Å². The van der Waals surface area contributed by atoms with E-state index < -0.39 is 0 Å². The van der Waals surface area contributed by atoms with Crippen molar-refractivity contribution in [3.8, 4) is 5.75 Å². The van der Waals surface area contributed by atoms with E-state index in [4.69, 9.17) is 0 Å². The van der Waals surface area contributed by atoms with Crippen LogP contribution in [0.1, 0.15) is 75.3 Å².